The van der Waals surface area contributed by atoms with Crippen LogP contribution in [0.3, 0.4) is 0 Å². The molecule has 0 saturated carbocycles. The summed E-state index contributed by atoms with van der Waals surface area (Å²) in [5.41, 5.74) is 1.27. The topological polar surface area (TPSA) is 78.8 Å². The summed E-state index contributed by atoms with van der Waals surface area (Å²) in [7, 11) is 1.73. The second-order valence-corrected chi connectivity index (χ2v) is 5.48. The molecule has 2 aromatic rings. The van der Waals surface area contributed by atoms with Crippen LogP contribution in [0.1, 0.15) is 29.0 Å². The largest absolute Gasteiger partial charge is 0.454 e. The molecule has 0 bridgehead atoms. The molecule has 1 N–H and O–H groups in total. The monoisotopic (exact) mass is 330 g/mol. The molecule has 0 fully saturated rings. The molecule has 0 spiro atoms. The minimum Gasteiger partial charge on any atom is -0.454 e. The van der Waals surface area contributed by atoms with Gasteiger partial charge in [0.25, 0.3) is 5.91 Å². The van der Waals surface area contributed by atoms with Crippen LogP contribution in [0.5, 0.6) is 11.5 Å². The lowest BCUT2D eigenvalue weighted by Gasteiger charge is -2.15. The van der Waals surface area contributed by atoms with Crippen LogP contribution in [-0.2, 0) is 16.6 Å². The zero-order valence-electron chi connectivity index (χ0n) is 13.4. The minimum absolute atomic E-state index is 0.203. The van der Waals surface area contributed by atoms with Gasteiger partial charge in [-0.2, -0.15) is 0 Å². The van der Waals surface area contributed by atoms with E-state index in [2.05, 4.69) is 5.32 Å². The molecule has 0 saturated heterocycles. The van der Waals surface area contributed by atoms with E-state index in [-0.39, 0.29) is 25.3 Å². The number of nitrogens with one attached hydrogen (secondary N) is 1. The average Bonchev–Trinajstić information content (AvgIpc) is 3.20. The number of hydrogen-bond acceptors (Lipinski definition) is 5. The smallest absolute Gasteiger partial charge is 0.355 e. The molecule has 2 heterocycles. The lowest BCUT2D eigenvalue weighted by molar-refractivity contribution is -0.124. The molecule has 1 aliphatic heterocycles. The number of aryl methyl sites for hydroxylation is 1. The third kappa shape index (κ3) is 3.34. The van der Waals surface area contributed by atoms with Crippen molar-refractivity contribution in [3.63, 3.8) is 0 Å². The molecule has 3 rings (SSSR count). The van der Waals surface area contributed by atoms with E-state index in [1.165, 1.54) is 0 Å². The van der Waals surface area contributed by atoms with Crippen LogP contribution < -0.4 is 14.8 Å². The molecule has 126 valence electrons. The van der Waals surface area contributed by atoms with Gasteiger partial charge < -0.3 is 24.1 Å². The van der Waals surface area contributed by atoms with E-state index in [9.17, 15) is 9.59 Å². The van der Waals surface area contributed by atoms with E-state index in [1.54, 1.807) is 36.0 Å². The Bertz CT molecular complexity index is 768. The minimum atomic E-state index is -0.534. The predicted octanol–water partition coefficient (Wildman–Crippen LogP) is 1.79. The summed E-state index contributed by atoms with van der Waals surface area (Å²) in [5, 5.41) is 2.78. The number of benzene rings is 1. The van der Waals surface area contributed by atoms with Crippen LogP contribution in [0, 0.1) is 0 Å². The van der Waals surface area contributed by atoms with Gasteiger partial charge in [0.15, 0.2) is 18.1 Å². The molecular formula is C17H18N2O5. The number of carbonyl (C=O) groups excluding carboxylic acids is 2. The van der Waals surface area contributed by atoms with Crippen molar-refractivity contribution >= 4 is 11.9 Å². The van der Waals surface area contributed by atoms with Crippen LogP contribution in [-0.4, -0.2) is 29.8 Å². The normalized spacial score (nSPS) is 13.4. The molecule has 0 unspecified atom stereocenters. The molecular weight excluding hydrogens is 312 g/mol. The molecule has 1 amide bonds. The van der Waals surface area contributed by atoms with Gasteiger partial charge in [-0.15, -0.1) is 0 Å². The number of carbonyl (C=O) groups is 2. The van der Waals surface area contributed by atoms with Crippen molar-refractivity contribution in [2.24, 2.45) is 7.05 Å². The zero-order valence-corrected chi connectivity index (χ0v) is 13.4. The van der Waals surface area contributed by atoms with Crippen molar-refractivity contribution in [1.29, 1.82) is 0 Å². The number of fused-ring (bicyclic) bond motifs is 1. The zero-order chi connectivity index (χ0) is 17.1. The predicted molar refractivity (Wildman–Crippen MR) is 84.8 cm³/mol. The lowest BCUT2D eigenvalue weighted by atomic mass is 10.1. The molecule has 0 radical (unpaired) electrons. The fraction of sp³-hybridized carbons (Fsp3) is 0.294. The molecule has 1 atom stereocenters. The van der Waals surface area contributed by atoms with Gasteiger partial charge in [-0.1, -0.05) is 6.07 Å². The summed E-state index contributed by atoms with van der Waals surface area (Å²) in [6.07, 6.45) is 1.73. The molecule has 7 nitrogen and oxygen atoms in total. The Labute approximate surface area is 139 Å². The van der Waals surface area contributed by atoms with Crippen LogP contribution in [0.4, 0.5) is 0 Å². The van der Waals surface area contributed by atoms with Crippen molar-refractivity contribution in [1.82, 2.24) is 9.88 Å². The van der Waals surface area contributed by atoms with Crippen molar-refractivity contribution < 1.29 is 23.8 Å². The highest BCUT2D eigenvalue weighted by molar-refractivity contribution is 5.90. The molecule has 7 heteroatoms. The van der Waals surface area contributed by atoms with Crippen LogP contribution in [0.25, 0.3) is 0 Å². The highest BCUT2D eigenvalue weighted by Crippen LogP contribution is 2.34. The fourth-order valence-electron chi connectivity index (χ4n) is 2.43. The van der Waals surface area contributed by atoms with Crippen molar-refractivity contribution in [3.05, 3.63) is 47.8 Å². The van der Waals surface area contributed by atoms with Crippen molar-refractivity contribution in [2.45, 2.75) is 13.0 Å². The summed E-state index contributed by atoms with van der Waals surface area (Å²) >= 11 is 0. The third-order valence-corrected chi connectivity index (χ3v) is 3.76. The van der Waals surface area contributed by atoms with Gasteiger partial charge in [-0.05, 0) is 36.8 Å². The Hall–Kier alpha value is -2.96. The maximum absolute atomic E-state index is 12.0. The Morgan fingerprint density at radius 3 is 2.83 bits per heavy atom. The average molecular weight is 330 g/mol. The van der Waals surface area contributed by atoms with E-state index in [0.29, 0.717) is 17.2 Å². The van der Waals surface area contributed by atoms with Gasteiger partial charge in [0.05, 0.1) is 6.04 Å². The maximum Gasteiger partial charge on any atom is 0.355 e. The van der Waals surface area contributed by atoms with Crippen LogP contribution in [0.15, 0.2) is 36.5 Å². The Balaban J connectivity index is 1.53. The lowest BCUT2D eigenvalue weighted by Crippen LogP contribution is -2.31. The second-order valence-electron chi connectivity index (χ2n) is 5.48. The number of amides is 1. The summed E-state index contributed by atoms with van der Waals surface area (Å²) in [6.45, 7) is 1.71. The summed E-state index contributed by atoms with van der Waals surface area (Å²) in [5.74, 6) is 0.439. The molecule has 1 aromatic carbocycles. The molecule has 24 heavy (non-hydrogen) atoms. The van der Waals surface area contributed by atoms with Crippen molar-refractivity contribution in [2.75, 3.05) is 13.4 Å². The molecule has 1 aromatic heterocycles. The summed E-state index contributed by atoms with van der Waals surface area (Å²) in [4.78, 5) is 23.8. The van der Waals surface area contributed by atoms with E-state index in [4.69, 9.17) is 14.2 Å². The van der Waals surface area contributed by atoms with Gasteiger partial charge in [-0.3, -0.25) is 4.79 Å². The standard InChI is InChI=1S/C17H18N2O5/c1-11(12-5-6-14-15(8-12)24-10-23-14)18-16(20)9-22-17(21)13-4-3-7-19(13)2/h3-8,11H,9-10H2,1-2H3,(H,18,20)/t11-/m0/s1. The molecule has 0 aliphatic carbocycles. The Morgan fingerprint density at radius 1 is 1.29 bits per heavy atom. The number of esters is 1. The van der Waals surface area contributed by atoms with Crippen LogP contribution in [0.2, 0.25) is 0 Å². The molecule has 1 aliphatic rings. The fourth-order valence-corrected chi connectivity index (χ4v) is 2.43. The number of ether oxygens (including phenoxy) is 3. The highest BCUT2D eigenvalue weighted by atomic mass is 16.7. The Kier molecular flexibility index (Phi) is 4.41. The first-order valence-corrected chi connectivity index (χ1v) is 7.52. The van der Waals surface area contributed by atoms with Crippen molar-refractivity contribution in [3.8, 4) is 11.5 Å². The number of hydrogen-bond donors (Lipinski definition) is 1. The van der Waals surface area contributed by atoms with Gasteiger partial charge >= 0.3 is 5.97 Å². The first kappa shape index (κ1) is 15.9. The number of nitrogens with zero attached hydrogens (tertiary/aromatic N) is 1. The van der Waals surface area contributed by atoms with Gasteiger partial charge in [0.2, 0.25) is 6.79 Å². The van der Waals surface area contributed by atoms with Gasteiger partial charge in [-0.25, -0.2) is 4.79 Å². The van der Waals surface area contributed by atoms with E-state index in [0.717, 1.165) is 5.56 Å². The van der Waals surface area contributed by atoms with Gasteiger partial charge in [0, 0.05) is 13.2 Å². The van der Waals surface area contributed by atoms with E-state index >= 15 is 0 Å². The van der Waals surface area contributed by atoms with Gasteiger partial charge in [0.1, 0.15) is 5.69 Å². The second kappa shape index (κ2) is 6.66. The SMILES string of the molecule is C[C@H](NC(=O)COC(=O)c1cccn1C)c1ccc2c(c1)OCO2. The highest BCUT2D eigenvalue weighted by Gasteiger charge is 2.18. The number of aromatic nitrogens is 1. The van der Waals surface area contributed by atoms with E-state index < -0.39 is 5.97 Å². The maximum atomic E-state index is 12.0. The first-order chi connectivity index (χ1) is 11.5. The Morgan fingerprint density at radius 2 is 2.08 bits per heavy atom. The van der Waals surface area contributed by atoms with E-state index in [1.807, 2.05) is 19.1 Å². The number of rotatable bonds is 5. The first-order valence-electron chi connectivity index (χ1n) is 7.52. The van der Waals surface area contributed by atoms with Crippen LogP contribution >= 0.6 is 0 Å². The summed E-state index contributed by atoms with van der Waals surface area (Å²) in [6, 6.07) is 8.60. The summed E-state index contributed by atoms with van der Waals surface area (Å²) < 4.78 is 17.2. The third-order valence-electron chi connectivity index (χ3n) is 3.76. The quantitative estimate of drug-likeness (QED) is 0.846.